The summed E-state index contributed by atoms with van der Waals surface area (Å²) in [7, 11) is 1.58. The lowest BCUT2D eigenvalue weighted by Crippen LogP contribution is -2.04. The van der Waals surface area contributed by atoms with E-state index in [1.807, 2.05) is 47.0 Å². The highest BCUT2D eigenvalue weighted by molar-refractivity contribution is 6.17. The lowest BCUT2D eigenvalue weighted by Gasteiger charge is -2.10. The van der Waals surface area contributed by atoms with Crippen LogP contribution < -0.4 is 10.5 Å². The first kappa shape index (κ1) is 19.9. The molecule has 9 heteroatoms. The van der Waals surface area contributed by atoms with Crippen molar-refractivity contribution in [1.29, 1.82) is 0 Å². The number of nitrogens with zero attached hydrogens (tertiary/aromatic N) is 6. The number of pyridine rings is 2. The van der Waals surface area contributed by atoms with E-state index in [9.17, 15) is 0 Å². The molecule has 32 heavy (non-hydrogen) atoms. The predicted octanol–water partition coefficient (Wildman–Crippen LogP) is 4.27. The second-order valence-corrected chi connectivity index (χ2v) is 7.26. The van der Waals surface area contributed by atoms with Gasteiger partial charge in [0.05, 0.1) is 12.8 Å². The van der Waals surface area contributed by atoms with E-state index in [0.717, 1.165) is 22.5 Å². The Morgan fingerprint density at radius 1 is 0.938 bits per heavy atom. The topological polar surface area (TPSA) is 105 Å². The van der Waals surface area contributed by atoms with Crippen LogP contribution in [0.3, 0.4) is 0 Å². The van der Waals surface area contributed by atoms with Gasteiger partial charge in [0.25, 0.3) is 0 Å². The number of hydrogen-bond donors (Lipinski definition) is 1. The van der Waals surface area contributed by atoms with Crippen LogP contribution in [0.15, 0.2) is 67.1 Å². The smallest absolute Gasteiger partial charge is 0.212 e. The molecule has 158 valence electrons. The summed E-state index contributed by atoms with van der Waals surface area (Å²) in [6.45, 7) is 0. The fourth-order valence-corrected chi connectivity index (χ4v) is 3.61. The van der Waals surface area contributed by atoms with Crippen LogP contribution in [0.2, 0.25) is 0 Å². The molecule has 8 nitrogen and oxygen atoms in total. The molecule has 0 saturated heterocycles. The standard InChI is InChI=1S/C23H18ClN7O/c1-32-19-9-4-15(13-28-19)17-7-8-18-22(29-17)31(16-5-2-14(12-24)3-6-16)23(30-18)20-21(25)27-11-10-26-20/h2-11,13H,12H2,1H3,(H2,25,27). The molecule has 1 aromatic carbocycles. The van der Waals surface area contributed by atoms with Crippen LogP contribution in [0, 0.1) is 0 Å². The van der Waals surface area contributed by atoms with Gasteiger partial charge in [0.15, 0.2) is 17.3 Å². The van der Waals surface area contributed by atoms with Gasteiger partial charge in [0.2, 0.25) is 5.88 Å². The van der Waals surface area contributed by atoms with Crippen molar-refractivity contribution < 1.29 is 4.74 Å². The third-order valence-corrected chi connectivity index (χ3v) is 5.34. The summed E-state index contributed by atoms with van der Waals surface area (Å²) in [5.41, 5.74) is 11.5. The van der Waals surface area contributed by atoms with E-state index in [2.05, 4.69) is 15.0 Å². The van der Waals surface area contributed by atoms with Gasteiger partial charge in [-0.15, -0.1) is 11.6 Å². The number of fused-ring (bicyclic) bond motifs is 1. The van der Waals surface area contributed by atoms with Gasteiger partial charge in [-0.05, 0) is 35.9 Å². The van der Waals surface area contributed by atoms with Gasteiger partial charge in [-0.1, -0.05) is 12.1 Å². The fourth-order valence-electron chi connectivity index (χ4n) is 3.43. The number of rotatable bonds is 5. The number of nitrogen functional groups attached to an aromatic ring is 1. The van der Waals surface area contributed by atoms with Gasteiger partial charge >= 0.3 is 0 Å². The summed E-state index contributed by atoms with van der Waals surface area (Å²) < 4.78 is 7.08. The predicted molar refractivity (Wildman–Crippen MR) is 124 cm³/mol. The zero-order valence-electron chi connectivity index (χ0n) is 17.1. The first-order valence-corrected chi connectivity index (χ1v) is 10.3. The van der Waals surface area contributed by atoms with Crippen LogP contribution in [0.25, 0.3) is 39.6 Å². The van der Waals surface area contributed by atoms with Gasteiger partial charge in [-0.25, -0.2) is 24.9 Å². The normalized spacial score (nSPS) is 11.1. The highest BCUT2D eigenvalue weighted by Gasteiger charge is 2.19. The summed E-state index contributed by atoms with van der Waals surface area (Å²) in [6.07, 6.45) is 4.87. The molecular weight excluding hydrogens is 426 g/mol. The van der Waals surface area contributed by atoms with E-state index in [4.69, 9.17) is 32.0 Å². The summed E-state index contributed by atoms with van der Waals surface area (Å²) in [5.74, 6) is 1.82. The lowest BCUT2D eigenvalue weighted by atomic mass is 10.2. The second kappa shape index (κ2) is 8.24. The molecule has 0 saturated carbocycles. The number of alkyl halides is 1. The minimum absolute atomic E-state index is 0.293. The molecule has 0 amide bonds. The molecule has 2 N–H and O–H groups in total. The Bertz CT molecular complexity index is 1400. The zero-order valence-corrected chi connectivity index (χ0v) is 17.9. The van der Waals surface area contributed by atoms with Gasteiger partial charge in [0.1, 0.15) is 11.2 Å². The van der Waals surface area contributed by atoms with Crippen LogP contribution in [0.4, 0.5) is 5.82 Å². The van der Waals surface area contributed by atoms with E-state index in [0.29, 0.717) is 40.3 Å². The van der Waals surface area contributed by atoms with Crippen molar-refractivity contribution in [3.8, 4) is 34.3 Å². The molecule has 5 rings (SSSR count). The molecule has 0 aliphatic rings. The molecule has 5 aromatic rings. The molecule has 0 radical (unpaired) electrons. The quantitative estimate of drug-likeness (QED) is 0.404. The van der Waals surface area contributed by atoms with Crippen molar-refractivity contribution in [1.82, 2.24) is 29.5 Å². The van der Waals surface area contributed by atoms with Gasteiger partial charge in [0, 0.05) is 41.8 Å². The maximum atomic E-state index is 6.13. The average molecular weight is 444 g/mol. The van der Waals surface area contributed by atoms with Crippen LogP contribution in [0.1, 0.15) is 5.56 Å². The molecule has 0 fully saturated rings. The molecule has 0 aliphatic heterocycles. The Kier molecular flexibility index (Phi) is 5.12. The van der Waals surface area contributed by atoms with Gasteiger partial charge in [-0.2, -0.15) is 0 Å². The van der Waals surface area contributed by atoms with E-state index < -0.39 is 0 Å². The number of hydrogen-bond acceptors (Lipinski definition) is 7. The highest BCUT2D eigenvalue weighted by atomic mass is 35.5. The van der Waals surface area contributed by atoms with Crippen molar-refractivity contribution in [3.63, 3.8) is 0 Å². The molecule has 0 unspecified atom stereocenters. The number of halogens is 1. The lowest BCUT2D eigenvalue weighted by molar-refractivity contribution is 0.398. The van der Waals surface area contributed by atoms with Gasteiger partial charge in [-0.3, -0.25) is 4.57 Å². The van der Waals surface area contributed by atoms with Crippen LogP contribution in [-0.4, -0.2) is 36.6 Å². The van der Waals surface area contributed by atoms with Crippen molar-refractivity contribution in [2.24, 2.45) is 0 Å². The number of benzene rings is 1. The first-order chi connectivity index (χ1) is 15.7. The number of imidazole rings is 1. The molecule has 0 aliphatic carbocycles. The third-order valence-electron chi connectivity index (χ3n) is 5.03. The minimum atomic E-state index is 0.293. The van der Waals surface area contributed by atoms with Crippen LogP contribution in [0.5, 0.6) is 5.88 Å². The monoisotopic (exact) mass is 443 g/mol. The molecule has 4 heterocycles. The maximum Gasteiger partial charge on any atom is 0.212 e. The highest BCUT2D eigenvalue weighted by Crippen LogP contribution is 2.30. The van der Waals surface area contributed by atoms with E-state index in [-0.39, 0.29) is 0 Å². The Hall–Kier alpha value is -4.04. The molecule has 0 spiro atoms. The molecule has 4 aromatic heterocycles. The first-order valence-electron chi connectivity index (χ1n) is 9.80. The number of ether oxygens (including phenoxy) is 1. The summed E-state index contributed by atoms with van der Waals surface area (Å²) >= 11 is 5.98. The van der Waals surface area contributed by atoms with Crippen LogP contribution >= 0.6 is 11.6 Å². The Balaban J connectivity index is 1.74. The summed E-state index contributed by atoms with van der Waals surface area (Å²) in [4.78, 5) is 22.6. The SMILES string of the molecule is COc1ccc(-c2ccc3nc(-c4nccnc4N)n(-c4ccc(CCl)cc4)c3n2)cn1. The van der Waals surface area contributed by atoms with Crippen molar-refractivity contribution in [2.45, 2.75) is 5.88 Å². The van der Waals surface area contributed by atoms with Crippen molar-refractivity contribution in [3.05, 3.63) is 72.7 Å². The summed E-state index contributed by atoms with van der Waals surface area (Å²) in [5, 5.41) is 0. The Morgan fingerprint density at radius 2 is 1.75 bits per heavy atom. The van der Waals surface area contributed by atoms with Crippen molar-refractivity contribution in [2.75, 3.05) is 12.8 Å². The molecule has 0 bridgehead atoms. The molecular formula is C23H18ClN7O. The maximum absolute atomic E-state index is 6.13. The number of methoxy groups -OCH3 is 1. The largest absolute Gasteiger partial charge is 0.481 e. The summed E-state index contributed by atoms with van der Waals surface area (Å²) in [6, 6.07) is 15.4. The fraction of sp³-hybridized carbons (Fsp3) is 0.0870. The zero-order chi connectivity index (χ0) is 22.1. The average Bonchev–Trinajstić information content (AvgIpc) is 3.23. The van der Waals surface area contributed by atoms with E-state index in [1.54, 1.807) is 31.8 Å². The van der Waals surface area contributed by atoms with Crippen molar-refractivity contribution >= 4 is 28.6 Å². The van der Waals surface area contributed by atoms with Crippen LogP contribution in [-0.2, 0) is 5.88 Å². The number of anilines is 1. The Labute approximate surface area is 188 Å². The third kappa shape index (κ3) is 3.50. The second-order valence-electron chi connectivity index (χ2n) is 6.99. The molecule has 0 atom stereocenters. The number of aromatic nitrogens is 6. The van der Waals surface area contributed by atoms with Gasteiger partial charge < -0.3 is 10.5 Å². The number of nitrogens with two attached hydrogens (primary N) is 1. The van der Waals surface area contributed by atoms with E-state index >= 15 is 0 Å². The Morgan fingerprint density at radius 3 is 2.44 bits per heavy atom. The van der Waals surface area contributed by atoms with E-state index in [1.165, 1.54) is 0 Å². The minimum Gasteiger partial charge on any atom is -0.481 e.